The Bertz CT molecular complexity index is 620. The minimum Gasteiger partial charge on any atom is -0.387 e. The second-order valence-corrected chi connectivity index (χ2v) is 5.59. The van der Waals surface area contributed by atoms with E-state index < -0.39 is 45.4 Å². The van der Waals surface area contributed by atoms with Crippen LogP contribution in [0.3, 0.4) is 0 Å². The molecule has 11 heteroatoms. The Hall–Kier alpha value is -1.63. The summed E-state index contributed by atoms with van der Waals surface area (Å²) < 4.78 is 35.4. The molecule has 1 aromatic heterocycles. The lowest BCUT2D eigenvalue weighted by atomic mass is 10.1. The number of aliphatic hydroxyl groups is 2. The number of rotatable bonds is 6. The number of primary amides is 1. The molecule has 23 heavy (non-hydrogen) atoms. The van der Waals surface area contributed by atoms with Crippen molar-refractivity contribution in [2.45, 2.75) is 30.7 Å². The van der Waals surface area contributed by atoms with Crippen LogP contribution in [0.1, 0.15) is 22.4 Å². The van der Waals surface area contributed by atoms with E-state index in [-0.39, 0.29) is 18.0 Å². The molecule has 0 aromatic carbocycles. The standard InChI is InChI=1S/C12H14F2N3O5P/c1-2-5-7(10(15)20)16-4-17(5)11-9(19)8(18)6(22-11)3-21-23-12(13)14/h1,4,6,8-9,11-12,18-19,23H,3H2,(H2,15,20)/t6-,8-,9-,11-/m1/s1. The second-order valence-electron chi connectivity index (χ2n) is 4.63. The highest BCUT2D eigenvalue weighted by Crippen LogP contribution is 2.33. The topological polar surface area (TPSA) is 120 Å². The first kappa shape index (κ1) is 17.7. The van der Waals surface area contributed by atoms with Crippen molar-refractivity contribution < 1.29 is 33.0 Å². The Morgan fingerprint density at radius 2 is 2.30 bits per heavy atom. The van der Waals surface area contributed by atoms with Gasteiger partial charge in [0.1, 0.15) is 24.0 Å². The first-order chi connectivity index (χ1) is 10.9. The molecule has 0 spiro atoms. The number of hydrogen-bond acceptors (Lipinski definition) is 6. The van der Waals surface area contributed by atoms with Crippen LogP contribution in [0.5, 0.6) is 0 Å². The number of nitrogens with two attached hydrogens (primary N) is 1. The molecule has 2 rings (SSSR count). The first-order valence-electron chi connectivity index (χ1n) is 6.37. The van der Waals surface area contributed by atoms with E-state index in [4.69, 9.17) is 21.4 Å². The fraction of sp³-hybridized carbons (Fsp3) is 0.500. The van der Waals surface area contributed by atoms with Crippen molar-refractivity contribution in [2.24, 2.45) is 5.73 Å². The molecule has 0 aliphatic carbocycles. The van der Waals surface area contributed by atoms with Crippen LogP contribution in [0.2, 0.25) is 0 Å². The van der Waals surface area contributed by atoms with E-state index in [1.54, 1.807) is 0 Å². The third kappa shape index (κ3) is 3.65. The summed E-state index contributed by atoms with van der Waals surface area (Å²) in [5.74, 6) is 1.35. The summed E-state index contributed by atoms with van der Waals surface area (Å²) in [5, 5.41) is 20.0. The molecule has 4 N–H and O–H groups in total. The van der Waals surface area contributed by atoms with Crippen molar-refractivity contribution in [1.82, 2.24) is 9.55 Å². The predicted molar refractivity (Wildman–Crippen MR) is 74.9 cm³/mol. The molecule has 1 amide bonds. The summed E-state index contributed by atoms with van der Waals surface area (Å²) in [7, 11) is -1.06. The Labute approximate surface area is 131 Å². The van der Waals surface area contributed by atoms with Gasteiger partial charge in [-0.05, 0) is 5.92 Å². The normalized spacial score (nSPS) is 27.8. The summed E-state index contributed by atoms with van der Waals surface area (Å²) >= 11 is 0. The summed E-state index contributed by atoms with van der Waals surface area (Å²) in [5.41, 5.74) is 4.93. The average molecular weight is 349 g/mol. The maximum absolute atomic E-state index is 12.1. The van der Waals surface area contributed by atoms with Crippen LogP contribution in [-0.4, -0.2) is 56.8 Å². The summed E-state index contributed by atoms with van der Waals surface area (Å²) in [6.07, 6.45) is -1.17. The number of imidazole rings is 1. The van der Waals surface area contributed by atoms with Gasteiger partial charge in [-0.1, -0.05) is 0 Å². The van der Waals surface area contributed by atoms with Gasteiger partial charge in [-0.3, -0.25) is 9.36 Å². The molecular weight excluding hydrogens is 335 g/mol. The van der Waals surface area contributed by atoms with Crippen LogP contribution < -0.4 is 5.73 Å². The molecule has 0 bridgehead atoms. The second kappa shape index (κ2) is 7.29. The zero-order valence-corrected chi connectivity index (χ0v) is 12.6. The molecule has 5 atom stereocenters. The molecule has 0 saturated carbocycles. The van der Waals surface area contributed by atoms with E-state index in [1.807, 2.05) is 0 Å². The number of aromatic nitrogens is 2. The fourth-order valence-corrected chi connectivity index (χ4v) is 2.55. The third-order valence-corrected chi connectivity index (χ3v) is 3.71. The number of alkyl halides is 2. The van der Waals surface area contributed by atoms with Gasteiger partial charge in [0.05, 0.1) is 21.7 Å². The number of carbonyl (C=O) groups excluding carboxylic acids is 1. The maximum atomic E-state index is 12.1. The van der Waals surface area contributed by atoms with Gasteiger partial charge < -0.3 is 25.2 Å². The molecule has 2 heterocycles. The van der Waals surface area contributed by atoms with Crippen LogP contribution in [0.25, 0.3) is 0 Å². The van der Waals surface area contributed by atoms with Crippen LogP contribution in [0.4, 0.5) is 8.78 Å². The molecule has 1 unspecified atom stereocenters. The van der Waals surface area contributed by atoms with E-state index in [0.717, 1.165) is 6.33 Å². The monoisotopic (exact) mass is 349 g/mol. The van der Waals surface area contributed by atoms with Crippen molar-refractivity contribution in [1.29, 1.82) is 0 Å². The lowest BCUT2D eigenvalue weighted by Gasteiger charge is -2.17. The van der Waals surface area contributed by atoms with Crippen molar-refractivity contribution in [3.05, 3.63) is 17.7 Å². The zero-order chi connectivity index (χ0) is 17.1. The predicted octanol–water partition coefficient (Wildman–Crippen LogP) is -0.585. The lowest BCUT2D eigenvalue weighted by molar-refractivity contribution is -0.0486. The summed E-state index contributed by atoms with van der Waals surface area (Å²) in [6.45, 7) is -0.333. The van der Waals surface area contributed by atoms with E-state index in [2.05, 4.69) is 10.9 Å². The number of carbonyl (C=O) groups is 1. The van der Waals surface area contributed by atoms with Crippen LogP contribution in [0, 0.1) is 12.3 Å². The number of amides is 1. The van der Waals surface area contributed by atoms with Crippen molar-refractivity contribution in [3.63, 3.8) is 0 Å². The average Bonchev–Trinajstić information content (AvgIpc) is 3.03. The Morgan fingerprint density at radius 3 is 2.87 bits per heavy atom. The number of hydrogen-bond donors (Lipinski definition) is 3. The van der Waals surface area contributed by atoms with E-state index in [1.165, 1.54) is 4.57 Å². The number of aliphatic hydroxyl groups excluding tert-OH is 2. The summed E-state index contributed by atoms with van der Waals surface area (Å²) in [4.78, 5) is 15.0. The maximum Gasteiger partial charge on any atom is 0.277 e. The highest BCUT2D eigenvalue weighted by atomic mass is 31.1. The van der Waals surface area contributed by atoms with E-state index in [9.17, 15) is 23.8 Å². The van der Waals surface area contributed by atoms with Crippen molar-refractivity contribution >= 4 is 14.7 Å². The lowest BCUT2D eigenvalue weighted by Crippen LogP contribution is -2.33. The smallest absolute Gasteiger partial charge is 0.277 e. The molecule has 1 fully saturated rings. The van der Waals surface area contributed by atoms with Crippen molar-refractivity contribution in [3.8, 4) is 12.3 Å². The Morgan fingerprint density at radius 1 is 1.61 bits per heavy atom. The molecule has 1 aliphatic rings. The molecule has 126 valence electrons. The highest BCUT2D eigenvalue weighted by Gasteiger charge is 2.44. The quantitative estimate of drug-likeness (QED) is 0.467. The number of halogens is 2. The Kier molecular flexibility index (Phi) is 5.62. The molecule has 0 radical (unpaired) electrons. The molecule has 1 aromatic rings. The largest absolute Gasteiger partial charge is 0.387 e. The van der Waals surface area contributed by atoms with Gasteiger partial charge in [-0.2, -0.15) is 0 Å². The molecule has 8 nitrogen and oxygen atoms in total. The van der Waals surface area contributed by atoms with Crippen molar-refractivity contribution in [2.75, 3.05) is 6.61 Å². The van der Waals surface area contributed by atoms with Gasteiger partial charge in [0.15, 0.2) is 11.9 Å². The van der Waals surface area contributed by atoms with Gasteiger partial charge in [0.2, 0.25) is 0 Å². The Balaban J connectivity index is 2.15. The summed E-state index contributed by atoms with van der Waals surface area (Å²) in [6, 6.07) is 0. The first-order valence-corrected chi connectivity index (χ1v) is 7.35. The van der Waals surface area contributed by atoms with Gasteiger partial charge >= 0.3 is 0 Å². The van der Waals surface area contributed by atoms with Crippen LogP contribution in [0.15, 0.2) is 6.33 Å². The molecule has 1 saturated heterocycles. The fourth-order valence-electron chi connectivity index (χ4n) is 2.17. The van der Waals surface area contributed by atoms with E-state index in [0.29, 0.717) is 0 Å². The molecular formula is C12H14F2N3O5P. The van der Waals surface area contributed by atoms with Gasteiger partial charge in [-0.25, -0.2) is 13.8 Å². The number of nitrogens with zero attached hydrogens (tertiary/aromatic N) is 2. The van der Waals surface area contributed by atoms with E-state index >= 15 is 0 Å². The van der Waals surface area contributed by atoms with Gasteiger partial charge in [0.25, 0.3) is 12.1 Å². The van der Waals surface area contributed by atoms with Gasteiger partial charge in [0, 0.05) is 0 Å². The SMILES string of the molecule is C#Cc1c(C(N)=O)ncn1[C@@H]1O[C@H](COPC(F)F)[C@@H](O)[C@H]1O. The highest BCUT2D eigenvalue weighted by molar-refractivity contribution is 7.32. The van der Waals surface area contributed by atoms with Crippen LogP contribution >= 0.6 is 8.81 Å². The minimum absolute atomic E-state index is 0.0234. The molecule has 1 aliphatic heterocycles. The third-order valence-electron chi connectivity index (χ3n) is 3.20. The number of ether oxygens (including phenoxy) is 1. The van der Waals surface area contributed by atoms with Crippen LogP contribution in [-0.2, 0) is 9.26 Å². The number of terminal acetylenes is 1. The zero-order valence-electron chi connectivity index (χ0n) is 11.6. The van der Waals surface area contributed by atoms with Gasteiger partial charge in [-0.15, -0.1) is 6.42 Å². The minimum atomic E-state index is -2.63.